The summed E-state index contributed by atoms with van der Waals surface area (Å²) < 4.78 is 39.4. The van der Waals surface area contributed by atoms with Gasteiger partial charge in [0.05, 0.1) is 5.56 Å². The van der Waals surface area contributed by atoms with Gasteiger partial charge >= 0.3 is 6.18 Å². The Morgan fingerprint density at radius 2 is 1.92 bits per heavy atom. The number of halogens is 4. The van der Waals surface area contributed by atoms with Crippen molar-refractivity contribution in [3.05, 3.63) is 56.2 Å². The van der Waals surface area contributed by atoms with Crippen LogP contribution in [-0.2, 0) is 12.7 Å². The summed E-state index contributed by atoms with van der Waals surface area (Å²) >= 11 is 4.65. The number of amides is 1. The predicted octanol–water partition coefficient (Wildman–Crippen LogP) is 4.73. The molecule has 0 N–H and O–H groups in total. The molecule has 0 fully saturated rings. The molecule has 0 radical (unpaired) electrons. The molecular formula is C17H18BrF3N2OS. The van der Waals surface area contributed by atoms with Gasteiger partial charge in [-0.25, -0.2) is 0 Å². The summed E-state index contributed by atoms with van der Waals surface area (Å²) in [5.74, 6) is -0.193. The molecule has 1 aromatic heterocycles. The first-order chi connectivity index (χ1) is 11.7. The van der Waals surface area contributed by atoms with E-state index >= 15 is 0 Å². The fourth-order valence-corrected chi connectivity index (χ4v) is 3.74. The lowest BCUT2D eigenvalue weighted by Gasteiger charge is -2.24. The highest BCUT2D eigenvalue weighted by Crippen LogP contribution is 2.30. The number of carbonyl (C=O) groups excluding carboxylic acids is 1. The van der Waals surface area contributed by atoms with Gasteiger partial charge in [0.1, 0.15) is 4.88 Å². The molecule has 3 nitrogen and oxygen atoms in total. The van der Waals surface area contributed by atoms with E-state index in [0.29, 0.717) is 28.0 Å². The van der Waals surface area contributed by atoms with Gasteiger partial charge in [0.15, 0.2) is 0 Å². The molecule has 0 unspecified atom stereocenters. The number of rotatable bonds is 6. The topological polar surface area (TPSA) is 23.6 Å². The maximum Gasteiger partial charge on any atom is 0.416 e. The summed E-state index contributed by atoms with van der Waals surface area (Å²) in [6.07, 6.45) is -4.40. The number of benzene rings is 1. The van der Waals surface area contributed by atoms with Crippen molar-refractivity contribution in [2.75, 3.05) is 27.2 Å². The highest BCUT2D eigenvalue weighted by Gasteiger charge is 2.30. The van der Waals surface area contributed by atoms with Crippen LogP contribution in [0.4, 0.5) is 13.2 Å². The minimum atomic E-state index is -4.40. The molecular weight excluding hydrogens is 417 g/mol. The summed E-state index contributed by atoms with van der Waals surface area (Å²) in [6, 6.07) is 6.89. The van der Waals surface area contributed by atoms with Crippen LogP contribution in [0.15, 0.2) is 40.2 Å². The molecule has 0 aliphatic rings. The quantitative estimate of drug-likeness (QED) is 0.655. The van der Waals surface area contributed by atoms with Crippen molar-refractivity contribution < 1.29 is 18.0 Å². The average Bonchev–Trinajstić information content (AvgIpc) is 2.96. The number of thiophene rings is 1. The number of likely N-dealkylation sites (N-methyl/N-ethyl adjacent to an activating group) is 1. The zero-order valence-electron chi connectivity index (χ0n) is 13.8. The third-order valence-electron chi connectivity index (χ3n) is 3.54. The average molecular weight is 435 g/mol. The zero-order valence-corrected chi connectivity index (χ0v) is 16.2. The fourth-order valence-electron chi connectivity index (χ4n) is 2.23. The molecule has 25 heavy (non-hydrogen) atoms. The van der Waals surface area contributed by atoms with E-state index in [9.17, 15) is 18.0 Å². The predicted molar refractivity (Wildman–Crippen MR) is 96.8 cm³/mol. The Balaban J connectivity index is 2.24. The van der Waals surface area contributed by atoms with Crippen LogP contribution in [0.25, 0.3) is 0 Å². The van der Waals surface area contributed by atoms with Gasteiger partial charge in [-0.3, -0.25) is 4.79 Å². The Bertz CT molecular complexity index is 731. The Morgan fingerprint density at radius 1 is 1.20 bits per heavy atom. The SMILES string of the molecule is CN(C)CCN(Cc1cccc(C(F)(F)F)c1)C(=O)c1sccc1Br. The Kier molecular flexibility index (Phi) is 6.65. The van der Waals surface area contributed by atoms with Gasteiger partial charge < -0.3 is 9.80 Å². The highest BCUT2D eigenvalue weighted by atomic mass is 79.9. The first kappa shape index (κ1) is 19.9. The molecule has 136 valence electrons. The van der Waals surface area contributed by atoms with Crippen LogP contribution >= 0.6 is 27.3 Å². The number of carbonyl (C=O) groups is 1. The molecule has 0 aliphatic heterocycles. The summed E-state index contributed by atoms with van der Waals surface area (Å²) in [5, 5.41) is 1.80. The monoisotopic (exact) mass is 434 g/mol. The first-order valence-corrected chi connectivity index (χ1v) is 9.19. The third-order valence-corrected chi connectivity index (χ3v) is 5.37. The molecule has 2 aromatic rings. The minimum absolute atomic E-state index is 0.126. The molecule has 0 atom stereocenters. The molecule has 0 spiro atoms. The van der Waals surface area contributed by atoms with Gasteiger partial charge in [-0.2, -0.15) is 13.2 Å². The Labute approximate surface area is 157 Å². The molecule has 1 heterocycles. The van der Waals surface area contributed by atoms with Crippen LogP contribution in [-0.4, -0.2) is 42.9 Å². The van der Waals surface area contributed by atoms with E-state index in [1.165, 1.54) is 17.4 Å². The number of hydrogen-bond donors (Lipinski definition) is 0. The van der Waals surface area contributed by atoms with Crippen molar-refractivity contribution in [3.8, 4) is 0 Å². The van der Waals surface area contributed by atoms with E-state index in [1.807, 2.05) is 19.0 Å². The van der Waals surface area contributed by atoms with Crippen molar-refractivity contribution in [2.45, 2.75) is 12.7 Å². The van der Waals surface area contributed by atoms with E-state index in [2.05, 4.69) is 15.9 Å². The van der Waals surface area contributed by atoms with Crippen LogP contribution in [0, 0.1) is 0 Å². The van der Waals surface area contributed by atoms with Crippen molar-refractivity contribution in [1.29, 1.82) is 0 Å². The fraction of sp³-hybridized carbons (Fsp3) is 0.353. The first-order valence-electron chi connectivity index (χ1n) is 7.51. The van der Waals surface area contributed by atoms with Crippen LogP contribution < -0.4 is 0 Å². The van der Waals surface area contributed by atoms with Crippen LogP contribution in [0.5, 0.6) is 0 Å². The number of hydrogen-bond acceptors (Lipinski definition) is 3. The van der Waals surface area contributed by atoms with Gasteiger partial charge in [0.2, 0.25) is 0 Å². The van der Waals surface area contributed by atoms with E-state index in [4.69, 9.17) is 0 Å². The molecule has 0 saturated heterocycles. The van der Waals surface area contributed by atoms with Crippen molar-refractivity contribution in [2.24, 2.45) is 0 Å². The summed E-state index contributed by atoms with van der Waals surface area (Å²) in [4.78, 5) is 16.8. The largest absolute Gasteiger partial charge is 0.416 e. The van der Waals surface area contributed by atoms with E-state index in [0.717, 1.165) is 12.1 Å². The Hall–Kier alpha value is -1.38. The molecule has 1 amide bonds. The summed E-state index contributed by atoms with van der Waals surface area (Å²) in [7, 11) is 3.77. The molecule has 0 bridgehead atoms. The van der Waals surface area contributed by atoms with Crippen LogP contribution in [0.3, 0.4) is 0 Å². The molecule has 0 aliphatic carbocycles. The van der Waals surface area contributed by atoms with E-state index in [-0.39, 0.29) is 12.5 Å². The summed E-state index contributed by atoms with van der Waals surface area (Å²) in [5.41, 5.74) is -0.253. The lowest BCUT2D eigenvalue weighted by Crippen LogP contribution is -2.36. The van der Waals surface area contributed by atoms with Crippen LogP contribution in [0.2, 0.25) is 0 Å². The van der Waals surface area contributed by atoms with E-state index < -0.39 is 11.7 Å². The number of nitrogens with zero attached hydrogens (tertiary/aromatic N) is 2. The van der Waals surface area contributed by atoms with Gasteiger partial charge in [-0.05, 0) is 59.2 Å². The maximum atomic E-state index is 12.9. The molecule has 8 heteroatoms. The standard InChI is InChI=1S/C17H18BrF3N2OS/c1-22(2)7-8-23(16(24)15-14(18)6-9-25-15)11-12-4-3-5-13(10-12)17(19,20)21/h3-6,9-10H,7-8,11H2,1-2H3. The van der Waals surface area contributed by atoms with Gasteiger partial charge in [0.25, 0.3) is 5.91 Å². The highest BCUT2D eigenvalue weighted by molar-refractivity contribution is 9.10. The lowest BCUT2D eigenvalue weighted by molar-refractivity contribution is -0.137. The number of alkyl halides is 3. The molecule has 0 saturated carbocycles. The van der Waals surface area contributed by atoms with E-state index in [1.54, 1.807) is 22.4 Å². The van der Waals surface area contributed by atoms with Crippen molar-refractivity contribution in [3.63, 3.8) is 0 Å². The Morgan fingerprint density at radius 3 is 2.48 bits per heavy atom. The van der Waals surface area contributed by atoms with Crippen molar-refractivity contribution >= 4 is 33.2 Å². The lowest BCUT2D eigenvalue weighted by atomic mass is 10.1. The minimum Gasteiger partial charge on any atom is -0.332 e. The van der Waals surface area contributed by atoms with Crippen molar-refractivity contribution in [1.82, 2.24) is 9.80 Å². The third kappa shape index (κ3) is 5.55. The van der Waals surface area contributed by atoms with Crippen LogP contribution in [0.1, 0.15) is 20.8 Å². The second-order valence-electron chi connectivity index (χ2n) is 5.83. The summed E-state index contributed by atoms with van der Waals surface area (Å²) in [6.45, 7) is 1.17. The molecule has 1 aromatic carbocycles. The zero-order chi connectivity index (χ0) is 18.6. The van der Waals surface area contributed by atoms with Gasteiger partial charge in [-0.15, -0.1) is 11.3 Å². The molecule has 2 rings (SSSR count). The van der Waals surface area contributed by atoms with Gasteiger partial charge in [-0.1, -0.05) is 12.1 Å². The second kappa shape index (κ2) is 8.33. The second-order valence-corrected chi connectivity index (χ2v) is 7.60. The smallest absolute Gasteiger partial charge is 0.332 e. The normalized spacial score (nSPS) is 11.8. The van der Waals surface area contributed by atoms with Gasteiger partial charge in [0, 0.05) is 24.1 Å². The maximum absolute atomic E-state index is 12.9.